The van der Waals surface area contributed by atoms with E-state index in [4.69, 9.17) is 5.73 Å². The van der Waals surface area contributed by atoms with E-state index >= 15 is 0 Å². The van der Waals surface area contributed by atoms with Crippen LogP contribution in [0.25, 0.3) is 0 Å². The van der Waals surface area contributed by atoms with Gasteiger partial charge in [0, 0.05) is 0 Å². The van der Waals surface area contributed by atoms with Gasteiger partial charge in [-0.05, 0) is 0 Å². The van der Waals surface area contributed by atoms with Gasteiger partial charge >= 0.3 is 0 Å². The van der Waals surface area contributed by atoms with Crippen LogP contribution in [0.4, 0.5) is 4.39 Å². The highest BCUT2D eigenvalue weighted by Crippen LogP contribution is 2.06. The monoisotopic (exact) mass is 144 g/mol. The second-order valence-electron chi connectivity index (χ2n) is 1.67. The molecule has 10 heavy (non-hydrogen) atoms. The third-order valence-corrected chi connectivity index (χ3v) is 1.04. The SMILES string of the molecule is NC(=O)c1conc1CF. The Morgan fingerprint density at radius 2 is 2.60 bits per heavy atom. The molecule has 0 aliphatic carbocycles. The molecule has 0 radical (unpaired) electrons. The largest absolute Gasteiger partial charge is 0.365 e. The Bertz CT molecular complexity index is 246. The summed E-state index contributed by atoms with van der Waals surface area (Å²) in [5.74, 6) is -0.728. The number of aromatic nitrogens is 1. The number of hydrogen-bond acceptors (Lipinski definition) is 3. The van der Waals surface area contributed by atoms with Crippen molar-refractivity contribution in [2.24, 2.45) is 5.73 Å². The van der Waals surface area contributed by atoms with E-state index in [1.165, 1.54) is 0 Å². The molecule has 2 N–H and O–H groups in total. The average Bonchev–Trinajstić information content (AvgIpc) is 2.33. The summed E-state index contributed by atoms with van der Waals surface area (Å²) in [7, 11) is 0. The lowest BCUT2D eigenvalue weighted by atomic mass is 10.2. The fraction of sp³-hybridized carbons (Fsp3) is 0.200. The molecule has 0 saturated carbocycles. The van der Waals surface area contributed by atoms with Crippen LogP contribution in [-0.2, 0) is 6.67 Å². The molecular weight excluding hydrogens is 139 g/mol. The first kappa shape index (κ1) is 6.73. The van der Waals surface area contributed by atoms with Crippen LogP contribution in [0, 0.1) is 0 Å². The Hall–Kier alpha value is -1.39. The number of rotatable bonds is 2. The van der Waals surface area contributed by atoms with Gasteiger partial charge in [0.2, 0.25) is 0 Å². The summed E-state index contributed by atoms with van der Waals surface area (Å²) in [5.41, 5.74) is 4.78. The van der Waals surface area contributed by atoms with Crippen molar-refractivity contribution >= 4 is 5.91 Å². The molecule has 0 fully saturated rings. The highest BCUT2D eigenvalue weighted by atomic mass is 19.1. The zero-order chi connectivity index (χ0) is 7.56. The summed E-state index contributed by atoms with van der Waals surface area (Å²) in [5, 5.41) is 3.21. The number of alkyl halides is 1. The Kier molecular flexibility index (Phi) is 1.66. The minimum Gasteiger partial charge on any atom is -0.365 e. The van der Waals surface area contributed by atoms with Crippen LogP contribution >= 0.6 is 0 Å². The topological polar surface area (TPSA) is 69.1 Å². The van der Waals surface area contributed by atoms with Crippen LogP contribution in [-0.4, -0.2) is 11.1 Å². The first-order valence-electron chi connectivity index (χ1n) is 2.54. The second-order valence-corrected chi connectivity index (χ2v) is 1.67. The number of amides is 1. The molecule has 0 unspecified atom stereocenters. The van der Waals surface area contributed by atoms with Crippen LogP contribution in [0.15, 0.2) is 10.8 Å². The number of carbonyl (C=O) groups excluding carboxylic acids is 1. The van der Waals surface area contributed by atoms with Gasteiger partial charge in [0.15, 0.2) is 0 Å². The van der Waals surface area contributed by atoms with E-state index in [2.05, 4.69) is 9.68 Å². The summed E-state index contributed by atoms with van der Waals surface area (Å²) in [6.45, 7) is -0.839. The van der Waals surface area contributed by atoms with Crippen LogP contribution in [0.5, 0.6) is 0 Å². The smallest absolute Gasteiger partial charge is 0.254 e. The lowest BCUT2D eigenvalue weighted by molar-refractivity contribution is 0.0998. The van der Waals surface area contributed by atoms with Gasteiger partial charge in [0.25, 0.3) is 5.91 Å². The Morgan fingerprint density at radius 1 is 1.90 bits per heavy atom. The predicted molar refractivity (Wildman–Crippen MR) is 29.8 cm³/mol. The average molecular weight is 144 g/mol. The molecule has 1 heterocycles. The van der Waals surface area contributed by atoms with Gasteiger partial charge in [-0.2, -0.15) is 0 Å². The maximum atomic E-state index is 11.8. The second kappa shape index (κ2) is 2.47. The van der Waals surface area contributed by atoms with Crippen LogP contribution in [0.1, 0.15) is 16.1 Å². The zero-order valence-corrected chi connectivity index (χ0v) is 5.00. The van der Waals surface area contributed by atoms with E-state index in [-0.39, 0.29) is 11.3 Å². The zero-order valence-electron chi connectivity index (χ0n) is 5.00. The summed E-state index contributed by atoms with van der Waals surface area (Å²) in [6, 6.07) is 0. The summed E-state index contributed by atoms with van der Waals surface area (Å²) in [4.78, 5) is 10.4. The van der Waals surface area contributed by atoms with Crippen molar-refractivity contribution in [3.63, 3.8) is 0 Å². The molecule has 1 aromatic heterocycles. The molecule has 0 saturated heterocycles. The molecule has 1 amide bonds. The highest BCUT2D eigenvalue weighted by molar-refractivity contribution is 5.93. The van der Waals surface area contributed by atoms with E-state index in [9.17, 15) is 9.18 Å². The molecule has 1 rings (SSSR count). The van der Waals surface area contributed by atoms with Gasteiger partial charge < -0.3 is 10.3 Å². The number of hydrogen-bond donors (Lipinski definition) is 1. The molecule has 54 valence electrons. The third kappa shape index (κ3) is 0.975. The molecule has 0 atom stereocenters. The Labute approximate surface area is 55.8 Å². The summed E-state index contributed by atoms with van der Waals surface area (Å²) >= 11 is 0. The number of nitrogens with two attached hydrogens (primary N) is 1. The van der Waals surface area contributed by atoms with E-state index in [0.29, 0.717) is 0 Å². The van der Waals surface area contributed by atoms with E-state index in [1.54, 1.807) is 0 Å². The van der Waals surface area contributed by atoms with Crippen LogP contribution in [0.3, 0.4) is 0 Å². The normalized spacial score (nSPS) is 9.70. The van der Waals surface area contributed by atoms with E-state index < -0.39 is 12.6 Å². The van der Waals surface area contributed by atoms with Gasteiger partial charge in [-0.25, -0.2) is 4.39 Å². The van der Waals surface area contributed by atoms with E-state index in [0.717, 1.165) is 6.26 Å². The summed E-state index contributed by atoms with van der Waals surface area (Å²) in [6.07, 6.45) is 1.03. The lowest BCUT2D eigenvalue weighted by Crippen LogP contribution is -2.11. The standard InChI is InChI=1S/C5H5FN2O2/c6-1-4-3(5(7)9)2-10-8-4/h2H,1H2,(H2,7,9). The first-order valence-corrected chi connectivity index (χ1v) is 2.54. The molecule has 0 spiro atoms. The van der Waals surface area contributed by atoms with Crippen molar-refractivity contribution in [3.05, 3.63) is 17.5 Å². The first-order chi connectivity index (χ1) is 4.75. The highest BCUT2D eigenvalue weighted by Gasteiger charge is 2.11. The van der Waals surface area contributed by atoms with Gasteiger partial charge in [-0.1, -0.05) is 5.16 Å². The van der Waals surface area contributed by atoms with Crippen LogP contribution in [0.2, 0.25) is 0 Å². The van der Waals surface area contributed by atoms with Crippen molar-refractivity contribution in [3.8, 4) is 0 Å². The van der Waals surface area contributed by atoms with Gasteiger partial charge in [0.05, 0.1) is 0 Å². The van der Waals surface area contributed by atoms with Crippen molar-refractivity contribution in [2.75, 3.05) is 0 Å². The van der Waals surface area contributed by atoms with Gasteiger partial charge in [-0.3, -0.25) is 4.79 Å². The van der Waals surface area contributed by atoms with Gasteiger partial charge in [0.1, 0.15) is 24.2 Å². The molecule has 0 bridgehead atoms. The molecule has 5 heteroatoms. The maximum Gasteiger partial charge on any atom is 0.254 e. The predicted octanol–water partition coefficient (Wildman–Crippen LogP) is 0.243. The fourth-order valence-corrected chi connectivity index (χ4v) is 0.557. The fourth-order valence-electron chi connectivity index (χ4n) is 0.557. The van der Waals surface area contributed by atoms with Gasteiger partial charge in [-0.15, -0.1) is 0 Å². The van der Waals surface area contributed by atoms with Crippen molar-refractivity contribution in [1.82, 2.24) is 5.16 Å². The van der Waals surface area contributed by atoms with Crippen molar-refractivity contribution in [2.45, 2.75) is 6.67 Å². The number of halogens is 1. The molecule has 0 aliphatic rings. The quantitative estimate of drug-likeness (QED) is 0.646. The van der Waals surface area contributed by atoms with Crippen molar-refractivity contribution in [1.29, 1.82) is 0 Å². The maximum absolute atomic E-state index is 11.8. The molecule has 1 aromatic rings. The number of nitrogens with zero attached hydrogens (tertiary/aromatic N) is 1. The lowest BCUT2D eigenvalue weighted by Gasteiger charge is -1.86. The molecular formula is C5H5FN2O2. The Morgan fingerprint density at radius 3 is 3.00 bits per heavy atom. The van der Waals surface area contributed by atoms with E-state index in [1.807, 2.05) is 0 Å². The molecule has 4 nitrogen and oxygen atoms in total. The number of primary amides is 1. The minimum absolute atomic E-state index is 0.00231. The number of carbonyl (C=O) groups is 1. The molecule has 0 aromatic carbocycles. The Balaban J connectivity index is 3.01. The third-order valence-electron chi connectivity index (χ3n) is 1.04. The van der Waals surface area contributed by atoms with Crippen molar-refractivity contribution < 1.29 is 13.7 Å². The minimum atomic E-state index is -0.839. The summed E-state index contributed by atoms with van der Waals surface area (Å²) < 4.78 is 16.2. The molecule has 0 aliphatic heterocycles. The van der Waals surface area contributed by atoms with Crippen LogP contribution < -0.4 is 5.73 Å².